The predicted octanol–water partition coefficient (Wildman–Crippen LogP) is 2.78. The molecule has 0 aliphatic carbocycles. The molecule has 1 saturated heterocycles. The number of hydrogen-bond donors (Lipinski definition) is 2. The second-order valence-corrected chi connectivity index (χ2v) is 8.13. The maximum atomic E-state index is 12.8. The number of piperazine rings is 1. The van der Waals surface area contributed by atoms with Gasteiger partial charge in [0.15, 0.2) is 0 Å². The van der Waals surface area contributed by atoms with Gasteiger partial charge in [-0.05, 0) is 49.1 Å². The molecule has 1 atom stereocenters. The number of esters is 1. The minimum absolute atomic E-state index is 0.0189. The van der Waals surface area contributed by atoms with Crippen molar-refractivity contribution < 1.29 is 23.9 Å². The van der Waals surface area contributed by atoms with Gasteiger partial charge in [-0.3, -0.25) is 14.4 Å². The summed E-state index contributed by atoms with van der Waals surface area (Å²) in [5.74, 6) is -0.288. The Morgan fingerprint density at radius 2 is 1.85 bits per heavy atom. The lowest BCUT2D eigenvalue weighted by molar-refractivity contribution is -0.151. The highest BCUT2D eigenvalue weighted by molar-refractivity contribution is 5.93. The molecule has 0 spiro atoms. The molecular formula is C26H33N3O5. The van der Waals surface area contributed by atoms with E-state index < -0.39 is 12.0 Å². The van der Waals surface area contributed by atoms with E-state index in [2.05, 4.69) is 22.8 Å². The summed E-state index contributed by atoms with van der Waals surface area (Å²) >= 11 is 0. The Morgan fingerprint density at radius 1 is 1.09 bits per heavy atom. The lowest BCUT2D eigenvalue weighted by Gasteiger charge is -2.34. The molecule has 1 heterocycles. The Hall–Kier alpha value is -3.55. The average molecular weight is 468 g/mol. The molecule has 1 fully saturated rings. The zero-order valence-corrected chi connectivity index (χ0v) is 19.6. The van der Waals surface area contributed by atoms with E-state index in [1.807, 2.05) is 49.4 Å². The van der Waals surface area contributed by atoms with Crippen LogP contribution in [0.1, 0.15) is 31.7 Å². The highest BCUT2D eigenvalue weighted by Gasteiger charge is 2.34. The van der Waals surface area contributed by atoms with E-state index in [-0.39, 0.29) is 24.8 Å². The number of carbonyl (C=O) groups excluding carboxylic acids is 3. The highest BCUT2D eigenvalue weighted by atomic mass is 16.5. The van der Waals surface area contributed by atoms with Crippen LogP contribution in [0.25, 0.3) is 0 Å². The topological polar surface area (TPSA) is 97.0 Å². The molecule has 0 bridgehead atoms. The lowest BCUT2D eigenvalue weighted by atomic mass is 10.1. The normalized spacial score (nSPS) is 15.4. The second-order valence-electron chi connectivity index (χ2n) is 8.13. The lowest BCUT2D eigenvalue weighted by Crippen LogP contribution is -2.58. The largest absolute Gasteiger partial charge is 0.494 e. The predicted molar refractivity (Wildman–Crippen MR) is 130 cm³/mol. The van der Waals surface area contributed by atoms with Gasteiger partial charge in [-0.1, -0.05) is 37.3 Å². The Morgan fingerprint density at radius 3 is 2.59 bits per heavy atom. The number of ether oxygens (including phenoxy) is 2. The molecule has 0 radical (unpaired) electrons. The standard InChI is InChI=1S/C26H33N3O5/c1-2-16-34-25(31)18-23-26(32)27-14-15-29(23)24(30)19-28-21-10-12-22(13-11-21)33-17-6-9-20-7-4-3-5-8-20/h3-5,7-8,10-13,23,28H,2,6,9,14-19H2,1H3,(H,27,32). The third kappa shape index (κ3) is 7.79. The van der Waals surface area contributed by atoms with E-state index in [0.717, 1.165) is 24.3 Å². The molecule has 3 rings (SSSR count). The summed E-state index contributed by atoms with van der Waals surface area (Å²) in [4.78, 5) is 38.5. The van der Waals surface area contributed by atoms with Gasteiger partial charge in [0.1, 0.15) is 11.8 Å². The van der Waals surface area contributed by atoms with Crippen molar-refractivity contribution in [2.75, 3.05) is 38.2 Å². The van der Waals surface area contributed by atoms with Gasteiger partial charge in [0.2, 0.25) is 11.8 Å². The molecule has 2 amide bonds. The first-order valence-electron chi connectivity index (χ1n) is 11.8. The molecule has 1 unspecified atom stereocenters. The average Bonchev–Trinajstić information content (AvgIpc) is 2.86. The van der Waals surface area contributed by atoms with Crippen LogP contribution < -0.4 is 15.4 Å². The van der Waals surface area contributed by atoms with E-state index in [1.54, 1.807) is 0 Å². The van der Waals surface area contributed by atoms with E-state index in [0.29, 0.717) is 32.7 Å². The number of hydrogen-bond acceptors (Lipinski definition) is 6. The van der Waals surface area contributed by atoms with Crippen LogP contribution in [0, 0.1) is 0 Å². The first-order chi connectivity index (χ1) is 16.6. The van der Waals surface area contributed by atoms with Crippen molar-refractivity contribution in [1.82, 2.24) is 10.2 Å². The summed E-state index contributed by atoms with van der Waals surface area (Å²) in [6, 6.07) is 16.9. The molecule has 1 aliphatic heterocycles. The van der Waals surface area contributed by atoms with Crippen LogP contribution in [-0.4, -0.2) is 61.6 Å². The molecule has 1 aliphatic rings. The zero-order chi connectivity index (χ0) is 24.2. The fourth-order valence-corrected chi connectivity index (χ4v) is 3.71. The monoisotopic (exact) mass is 467 g/mol. The first-order valence-corrected chi connectivity index (χ1v) is 11.8. The quantitative estimate of drug-likeness (QED) is 0.368. The molecule has 2 aromatic rings. The van der Waals surface area contributed by atoms with Gasteiger partial charge in [0, 0.05) is 18.8 Å². The van der Waals surface area contributed by atoms with Crippen LogP contribution >= 0.6 is 0 Å². The fraction of sp³-hybridized carbons (Fsp3) is 0.423. The van der Waals surface area contributed by atoms with Crippen LogP contribution in [0.2, 0.25) is 0 Å². The third-order valence-corrected chi connectivity index (χ3v) is 5.50. The van der Waals surface area contributed by atoms with Crippen molar-refractivity contribution in [3.05, 3.63) is 60.2 Å². The van der Waals surface area contributed by atoms with Gasteiger partial charge in [-0.15, -0.1) is 0 Å². The fourth-order valence-electron chi connectivity index (χ4n) is 3.71. The van der Waals surface area contributed by atoms with Crippen molar-refractivity contribution in [3.63, 3.8) is 0 Å². The maximum absolute atomic E-state index is 12.8. The Labute approximate surface area is 200 Å². The smallest absolute Gasteiger partial charge is 0.308 e. The number of nitrogens with one attached hydrogen (secondary N) is 2. The molecule has 2 N–H and O–H groups in total. The number of rotatable bonds is 12. The van der Waals surface area contributed by atoms with Crippen molar-refractivity contribution in [2.24, 2.45) is 0 Å². The summed E-state index contributed by atoms with van der Waals surface area (Å²) in [6.45, 7) is 3.56. The summed E-state index contributed by atoms with van der Waals surface area (Å²) in [7, 11) is 0. The second kappa shape index (κ2) is 13.2. The van der Waals surface area contributed by atoms with Gasteiger partial charge < -0.3 is 25.0 Å². The van der Waals surface area contributed by atoms with Crippen LogP contribution in [0.3, 0.4) is 0 Å². The summed E-state index contributed by atoms with van der Waals surface area (Å²) < 4.78 is 10.9. The van der Waals surface area contributed by atoms with Crippen LogP contribution in [0.5, 0.6) is 5.75 Å². The number of anilines is 1. The van der Waals surface area contributed by atoms with Crippen molar-refractivity contribution in [2.45, 2.75) is 38.6 Å². The van der Waals surface area contributed by atoms with Crippen molar-refractivity contribution in [3.8, 4) is 5.75 Å². The van der Waals surface area contributed by atoms with Gasteiger partial charge in [0.05, 0.1) is 26.2 Å². The van der Waals surface area contributed by atoms with E-state index >= 15 is 0 Å². The molecule has 2 aromatic carbocycles. The molecular weight excluding hydrogens is 434 g/mol. The molecule has 8 nitrogen and oxygen atoms in total. The van der Waals surface area contributed by atoms with E-state index in [9.17, 15) is 14.4 Å². The molecule has 182 valence electrons. The van der Waals surface area contributed by atoms with Gasteiger partial charge in [-0.2, -0.15) is 0 Å². The van der Waals surface area contributed by atoms with Gasteiger partial charge in [-0.25, -0.2) is 0 Å². The number of benzene rings is 2. The maximum Gasteiger partial charge on any atom is 0.308 e. The molecule has 0 aromatic heterocycles. The molecule has 8 heteroatoms. The summed E-state index contributed by atoms with van der Waals surface area (Å²) in [5.41, 5.74) is 2.06. The van der Waals surface area contributed by atoms with Gasteiger partial charge >= 0.3 is 5.97 Å². The van der Waals surface area contributed by atoms with Crippen LogP contribution in [-0.2, 0) is 25.5 Å². The molecule has 34 heavy (non-hydrogen) atoms. The third-order valence-electron chi connectivity index (χ3n) is 5.50. The van der Waals surface area contributed by atoms with Crippen molar-refractivity contribution in [1.29, 1.82) is 0 Å². The van der Waals surface area contributed by atoms with E-state index in [1.165, 1.54) is 10.5 Å². The van der Waals surface area contributed by atoms with Crippen LogP contribution in [0.4, 0.5) is 5.69 Å². The SMILES string of the molecule is CCCOC(=O)CC1C(=O)NCCN1C(=O)CNc1ccc(OCCCc2ccccc2)cc1. The van der Waals surface area contributed by atoms with E-state index in [4.69, 9.17) is 9.47 Å². The van der Waals surface area contributed by atoms with Crippen molar-refractivity contribution >= 4 is 23.5 Å². The zero-order valence-electron chi connectivity index (χ0n) is 19.6. The Kier molecular flexibility index (Phi) is 9.76. The number of carbonyl (C=O) groups is 3. The minimum atomic E-state index is -0.848. The first kappa shape index (κ1) is 25.1. The highest BCUT2D eigenvalue weighted by Crippen LogP contribution is 2.17. The number of nitrogens with zero attached hydrogens (tertiary/aromatic N) is 1. The number of amides is 2. The number of aryl methyl sites for hydroxylation is 1. The molecule has 0 saturated carbocycles. The van der Waals surface area contributed by atoms with Gasteiger partial charge in [0.25, 0.3) is 0 Å². The minimum Gasteiger partial charge on any atom is -0.494 e. The van der Waals surface area contributed by atoms with Crippen LogP contribution in [0.15, 0.2) is 54.6 Å². The summed E-state index contributed by atoms with van der Waals surface area (Å²) in [5, 5.41) is 5.80. The summed E-state index contributed by atoms with van der Waals surface area (Å²) in [6.07, 6.45) is 2.45. The Bertz CT molecular complexity index is 933. The Balaban J connectivity index is 1.43.